The van der Waals surface area contributed by atoms with E-state index in [4.69, 9.17) is 4.55 Å². The third-order valence-electron chi connectivity index (χ3n) is 4.87. The fourth-order valence-corrected chi connectivity index (χ4v) is 3.97. The molecule has 3 N–H and O–H groups in total. The quantitative estimate of drug-likeness (QED) is 0.393. The molecule has 0 unspecified atom stereocenters. The fourth-order valence-electron chi connectivity index (χ4n) is 3.58. The molecule has 0 radical (unpaired) electrons. The second-order valence-corrected chi connectivity index (χ2v) is 7.80. The van der Waals surface area contributed by atoms with Crippen LogP contribution in [-0.4, -0.2) is 103 Å². The number of urea groups is 1. The van der Waals surface area contributed by atoms with E-state index in [9.17, 15) is 22.8 Å². The highest BCUT2D eigenvalue weighted by Crippen LogP contribution is 2.30. The molecule has 12 nitrogen and oxygen atoms in total. The second-order valence-electron chi connectivity index (χ2n) is 6.79. The Morgan fingerprint density at radius 1 is 1.26 bits per heavy atom. The number of hydrogen-bond donors (Lipinski definition) is 3. The number of Topliss-reactive ketones (excluding diaryl/α,β-unsaturated/α-hetero) is 1. The predicted molar refractivity (Wildman–Crippen MR) is 90.7 cm³/mol. The van der Waals surface area contributed by atoms with Crippen LogP contribution in [0.5, 0.6) is 0 Å². The van der Waals surface area contributed by atoms with Crippen LogP contribution in [0.4, 0.5) is 4.79 Å². The summed E-state index contributed by atoms with van der Waals surface area (Å²) in [6.07, 6.45) is 0.643. The van der Waals surface area contributed by atoms with Gasteiger partial charge in [-0.05, 0) is 12.8 Å². The number of rotatable bonds is 7. The van der Waals surface area contributed by atoms with E-state index >= 15 is 0 Å². The Hall–Kier alpha value is -1.80. The lowest BCUT2D eigenvalue weighted by Gasteiger charge is -2.29. The van der Waals surface area contributed by atoms with E-state index in [0.717, 1.165) is 26.2 Å². The standard InChI is InChI=1S/C14H23N5O7S/c20-11(9-17-5-3-15-4-6-17)7-16-13(21)12-2-1-10-8-18(12)14(22)19(10)26-27(23,24)25/h10,12,15H,1-9H2,(H,16,21)(H,23,24,25)/t10-,12+/m1/s1. The highest BCUT2D eigenvalue weighted by molar-refractivity contribution is 7.80. The molecule has 3 aliphatic rings. The number of carbonyl (C=O) groups is 3. The van der Waals surface area contributed by atoms with Gasteiger partial charge in [0.05, 0.1) is 19.1 Å². The van der Waals surface area contributed by atoms with Crippen molar-refractivity contribution in [2.45, 2.75) is 24.9 Å². The van der Waals surface area contributed by atoms with Gasteiger partial charge in [0.15, 0.2) is 5.78 Å². The maximum atomic E-state index is 12.4. The minimum Gasteiger partial charge on any atom is -0.347 e. The van der Waals surface area contributed by atoms with Crippen LogP contribution < -0.4 is 10.6 Å². The summed E-state index contributed by atoms with van der Waals surface area (Å²) in [5.74, 6) is -0.591. The van der Waals surface area contributed by atoms with Crippen molar-refractivity contribution in [3.05, 3.63) is 0 Å². The largest absolute Gasteiger partial charge is 0.418 e. The average Bonchev–Trinajstić information content (AvgIpc) is 2.84. The SMILES string of the molecule is O=C(CNC(=O)[C@@H]1CC[C@@H]2CN1C(=O)N2OS(=O)(=O)O)CN1CCNCC1. The van der Waals surface area contributed by atoms with Gasteiger partial charge in [-0.25, -0.2) is 4.79 Å². The number of nitrogens with zero attached hydrogens (tertiary/aromatic N) is 3. The van der Waals surface area contributed by atoms with E-state index in [1.165, 1.54) is 4.90 Å². The number of piperazine rings is 1. The van der Waals surface area contributed by atoms with E-state index in [1.807, 2.05) is 4.90 Å². The summed E-state index contributed by atoms with van der Waals surface area (Å²) >= 11 is 0. The molecule has 3 heterocycles. The third-order valence-corrected chi connectivity index (χ3v) is 5.22. The molecule has 3 aliphatic heterocycles. The van der Waals surface area contributed by atoms with E-state index in [2.05, 4.69) is 14.9 Å². The Balaban J connectivity index is 1.50. The van der Waals surface area contributed by atoms with E-state index in [-0.39, 0.29) is 25.4 Å². The van der Waals surface area contributed by atoms with Crippen molar-refractivity contribution in [2.75, 3.05) is 45.8 Å². The molecule has 0 aromatic heterocycles. The first-order valence-corrected chi connectivity index (χ1v) is 10.1. The summed E-state index contributed by atoms with van der Waals surface area (Å²) in [6.45, 7) is 3.43. The number of hydrogen-bond acceptors (Lipinski definition) is 8. The van der Waals surface area contributed by atoms with Gasteiger partial charge in [0.1, 0.15) is 6.04 Å². The van der Waals surface area contributed by atoms with E-state index in [1.54, 1.807) is 0 Å². The van der Waals surface area contributed by atoms with Gasteiger partial charge in [-0.3, -0.25) is 19.0 Å². The molecular weight excluding hydrogens is 382 g/mol. The molecule has 0 aromatic rings. The molecule has 3 saturated heterocycles. The van der Waals surface area contributed by atoms with Crippen LogP contribution in [0.25, 0.3) is 0 Å². The van der Waals surface area contributed by atoms with Gasteiger partial charge in [0, 0.05) is 32.7 Å². The number of hydroxylamine groups is 2. The van der Waals surface area contributed by atoms with Crippen molar-refractivity contribution in [3.8, 4) is 0 Å². The zero-order valence-corrected chi connectivity index (χ0v) is 15.5. The number of ketones is 1. The van der Waals surface area contributed by atoms with Crippen LogP contribution in [0.3, 0.4) is 0 Å². The minimum atomic E-state index is -4.83. The Kier molecular flexibility index (Phi) is 5.95. The summed E-state index contributed by atoms with van der Waals surface area (Å²) in [5, 5.41) is 6.33. The van der Waals surface area contributed by atoms with Gasteiger partial charge in [0.25, 0.3) is 0 Å². The second kappa shape index (κ2) is 8.06. The third kappa shape index (κ3) is 4.93. The number of piperidine rings is 1. The molecule has 2 bridgehead atoms. The highest BCUT2D eigenvalue weighted by atomic mass is 32.3. The first-order chi connectivity index (χ1) is 12.7. The molecule has 2 atom stereocenters. The predicted octanol–water partition coefficient (Wildman–Crippen LogP) is -2.42. The molecular formula is C14H23N5O7S. The minimum absolute atomic E-state index is 0.112. The van der Waals surface area contributed by atoms with Gasteiger partial charge in [-0.2, -0.15) is 13.5 Å². The Labute approximate surface area is 156 Å². The number of nitrogens with one attached hydrogen (secondary N) is 2. The van der Waals surface area contributed by atoms with Crippen molar-refractivity contribution < 1.29 is 31.6 Å². The first-order valence-electron chi connectivity index (χ1n) is 8.74. The zero-order valence-electron chi connectivity index (χ0n) is 14.7. The molecule has 0 spiro atoms. The monoisotopic (exact) mass is 405 g/mol. The Morgan fingerprint density at radius 3 is 2.63 bits per heavy atom. The van der Waals surface area contributed by atoms with Crippen LogP contribution in [-0.2, 0) is 24.3 Å². The number of amides is 3. The van der Waals surface area contributed by atoms with Crippen LogP contribution in [0.1, 0.15) is 12.8 Å². The summed E-state index contributed by atoms with van der Waals surface area (Å²) in [7, 11) is -4.83. The van der Waals surface area contributed by atoms with Crippen LogP contribution >= 0.6 is 0 Å². The van der Waals surface area contributed by atoms with Crippen LogP contribution in [0, 0.1) is 0 Å². The highest BCUT2D eigenvalue weighted by Gasteiger charge is 2.49. The molecule has 3 rings (SSSR count). The summed E-state index contributed by atoms with van der Waals surface area (Å²) in [5.41, 5.74) is 0. The molecule has 13 heteroatoms. The van der Waals surface area contributed by atoms with E-state index in [0.29, 0.717) is 17.9 Å². The molecule has 0 aromatic carbocycles. The van der Waals surface area contributed by atoms with Gasteiger partial charge < -0.3 is 15.5 Å². The molecule has 152 valence electrons. The zero-order chi connectivity index (χ0) is 19.6. The van der Waals surface area contributed by atoms with Crippen molar-refractivity contribution >= 4 is 28.1 Å². The molecule has 3 fully saturated rings. The summed E-state index contributed by atoms with van der Waals surface area (Å²) < 4.78 is 34.8. The lowest BCUT2D eigenvalue weighted by molar-refractivity contribution is -0.129. The van der Waals surface area contributed by atoms with Gasteiger partial charge in [-0.1, -0.05) is 0 Å². The first kappa shape index (κ1) is 19.9. The van der Waals surface area contributed by atoms with Crippen molar-refractivity contribution in [3.63, 3.8) is 0 Å². The Bertz CT molecular complexity index is 709. The topological polar surface area (TPSA) is 149 Å². The molecule has 0 aliphatic carbocycles. The lowest BCUT2D eigenvalue weighted by atomic mass is 10.0. The van der Waals surface area contributed by atoms with Crippen molar-refractivity contribution in [1.82, 2.24) is 25.5 Å². The average molecular weight is 405 g/mol. The molecule has 0 saturated carbocycles. The van der Waals surface area contributed by atoms with Gasteiger partial charge in [-0.15, -0.1) is 4.28 Å². The fraction of sp³-hybridized carbons (Fsp3) is 0.786. The number of carbonyl (C=O) groups excluding carboxylic acids is 3. The number of fused-ring (bicyclic) bond motifs is 2. The van der Waals surface area contributed by atoms with Gasteiger partial charge in [0.2, 0.25) is 5.91 Å². The van der Waals surface area contributed by atoms with E-state index < -0.39 is 34.4 Å². The molecule has 27 heavy (non-hydrogen) atoms. The van der Waals surface area contributed by atoms with Crippen molar-refractivity contribution in [1.29, 1.82) is 0 Å². The lowest BCUT2D eigenvalue weighted by Crippen LogP contribution is -2.51. The normalized spacial score (nSPS) is 26.3. The van der Waals surface area contributed by atoms with Crippen molar-refractivity contribution in [2.24, 2.45) is 0 Å². The Morgan fingerprint density at radius 2 is 1.96 bits per heavy atom. The van der Waals surface area contributed by atoms with Gasteiger partial charge >= 0.3 is 16.4 Å². The summed E-state index contributed by atoms with van der Waals surface area (Å²) in [6, 6.07) is -2.17. The summed E-state index contributed by atoms with van der Waals surface area (Å²) in [4.78, 5) is 39.9. The molecule has 3 amide bonds. The van der Waals surface area contributed by atoms with Crippen LogP contribution in [0.15, 0.2) is 0 Å². The van der Waals surface area contributed by atoms with Crippen LogP contribution in [0.2, 0.25) is 0 Å². The smallest absolute Gasteiger partial charge is 0.347 e. The maximum Gasteiger partial charge on any atom is 0.418 e. The maximum absolute atomic E-state index is 12.4.